The van der Waals surface area contributed by atoms with Crippen molar-refractivity contribution in [1.29, 1.82) is 0 Å². The number of nitrogens with two attached hydrogens (primary N) is 1. The van der Waals surface area contributed by atoms with Crippen molar-refractivity contribution in [2.24, 2.45) is 5.73 Å². The highest BCUT2D eigenvalue weighted by Crippen LogP contribution is 2.09. The Hall–Kier alpha value is -1.67. The average molecular weight is 241 g/mol. The number of thiocarbonyl (C=S) groups is 1. The second-order valence-electron chi connectivity index (χ2n) is 4.05. The van der Waals surface area contributed by atoms with E-state index >= 15 is 0 Å². The lowest BCUT2D eigenvalue weighted by Gasteiger charge is -2.04. The third-order valence-corrected chi connectivity index (χ3v) is 2.99. The average Bonchev–Trinajstić information content (AvgIpc) is 2.38. The summed E-state index contributed by atoms with van der Waals surface area (Å²) in [6, 6.07) is 18.6. The van der Waals surface area contributed by atoms with Crippen molar-refractivity contribution in [3.8, 4) is 0 Å². The maximum absolute atomic E-state index is 5.62. The van der Waals surface area contributed by atoms with Gasteiger partial charge in [-0.15, -0.1) is 0 Å². The van der Waals surface area contributed by atoms with Crippen LogP contribution in [-0.2, 0) is 12.8 Å². The zero-order chi connectivity index (χ0) is 12.1. The van der Waals surface area contributed by atoms with Gasteiger partial charge in [-0.3, -0.25) is 0 Å². The second kappa shape index (κ2) is 5.60. The lowest BCUT2D eigenvalue weighted by atomic mass is 10.0. The Balaban J connectivity index is 2.04. The van der Waals surface area contributed by atoms with Crippen molar-refractivity contribution >= 4 is 17.2 Å². The van der Waals surface area contributed by atoms with Gasteiger partial charge in [0.15, 0.2) is 0 Å². The fraction of sp³-hybridized carbons (Fsp3) is 0.133. The van der Waals surface area contributed by atoms with E-state index in [0.29, 0.717) is 4.99 Å². The first kappa shape index (κ1) is 11.8. The third-order valence-electron chi connectivity index (χ3n) is 2.76. The molecule has 0 aliphatic heterocycles. The summed E-state index contributed by atoms with van der Waals surface area (Å²) >= 11 is 4.98. The molecule has 0 amide bonds. The van der Waals surface area contributed by atoms with Crippen LogP contribution in [0.2, 0.25) is 0 Å². The normalized spacial score (nSPS) is 10.1. The van der Waals surface area contributed by atoms with Gasteiger partial charge < -0.3 is 5.73 Å². The molecular weight excluding hydrogens is 226 g/mol. The van der Waals surface area contributed by atoms with Crippen molar-refractivity contribution in [3.63, 3.8) is 0 Å². The van der Waals surface area contributed by atoms with Gasteiger partial charge in [0.1, 0.15) is 4.99 Å². The third kappa shape index (κ3) is 3.40. The van der Waals surface area contributed by atoms with Crippen molar-refractivity contribution in [2.45, 2.75) is 12.8 Å². The number of rotatable bonds is 4. The molecule has 2 aromatic carbocycles. The zero-order valence-electron chi connectivity index (χ0n) is 9.60. The van der Waals surface area contributed by atoms with E-state index in [4.69, 9.17) is 18.0 Å². The van der Waals surface area contributed by atoms with Gasteiger partial charge in [-0.05, 0) is 30.0 Å². The van der Waals surface area contributed by atoms with Crippen LogP contribution in [0, 0.1) is 0 Å². The van der Waals surface area contributed by atoms with Crippen molar-refractivity contribution in [3.05, 3.63) is 71.3 Å². The smallest absolute Gasteiger partial charge is 0.103 e. The van der Waals surface area contributed by atoms with Crippen LogP contribution in [0.3, 0.4) is 0 Å². The molecule has 1 nitrogen and oxygen atoms in total. The quantitative estimate of drug-likeness (QED) is 0.832. The number of aryl methyl sites for hydroxylation is 2. The molecule has 86 valence electrons. The fourth-order valence-corrected chi connectivity index (χ4v) is 1.94. The Kier molecular flexibility index (Phi) is 3.89. The zero-order valence-corrected chi connectivity index (χ0v) is 10.4. The summed E-state index contributed by atoms with van der Waals surface area (Å²) < 4.78 is 0. The van der Waals surface area contributed by atoms with Gasteiger partial charge in [-0.25, -0.2) is 0 Å². The summed E-state index contributed by atoms with van der Waals surface area (Å²) in [6.45, 7) is 0. The molecule has 2 aromatic rings. The van der Waals surface area contributed by atoms with Gasteiger partial charge in [0.05, 0.1) is 0 Å². The standard InChI is InChI=1S/C15H15NS/c16-15(17)14-8-4-7-13(11-14)10-9-12-5-2-1-3-6-12/h1-8,11H,9-10H2,(H2,16,17). The maximum atomic E-state index is 5.62. The molecule has 0 fully saturated rings. The van der Waals surface area contributed by atoms with Crippen LogP contribution in [0.1, 0.15) is 16.7 Å². The van der Waals surface area contributed by atoms with Gasteiger partial charge in [-0.1, -0.05) is 60.7 Å². The molecule has 0 unspecified atom stereocenters. The fourth-order valence-electron chi connectivity index (χ4n) is 1.81. The van der Waals surface area contributed by atoms with Gasteiger partial charge >= 0.3 is 0 Å². The highest BCUT2D eigenvalue weighted by atomic mass is 32.1. The molecule has 0 atom stereocenters. The SMILES string of the molecule is NC(=S)c1cccc(CCc2ccccc2)c1. The first-order valence-corrected chi connectivity index (χ1v) is 6.09. The molecule has 0 spiro atoms. The van der Waals surface area contributed by atoms with Crippen LogP contribution >= 0.6 is 12.2 Å². The molecule has 0 bridgehead atoms. The lowest BCUT2D eigenvalue weighted by Crippen LogP contribution is -2.09. The van der Waals surface area contributed by atoms with Crippen molar-refractivity contribution in [1.82, 2.24) is 0 Å². The Labute approximate surface area is 107 Å². The summed E-state index contributed by atoms with van der Waals surface area (Å²) in [5.74, 6) is 0. The second-order valence-corrected chi connectivity index (χ2v) is 4.49. The van der Waals surface area contributed by atoms with Gasteiger partial charge in [0, 0.05) is 5.56 Å². The van der Waals surface area contributed by atoms with Crippen LogP contribution in [0.15, 0.2) is 54.6 Å². The maximum Gasteiger partial charge on any atom is 0.103 e. The van der Waals surface area contributed by atoms with E-state index in [0.717, 1.165) is 18.4 Å². The van der Waals surface area contributed by atoms with E-state index in [-0.39, 0.29) is 0 Å². The minimum Gasteiger partial charge on any atom is -0.389 e. The van der Waals surface area contributed by atoms with Crippen molar-refractivity contribution < 1.29 is 0 Å². The molecule has 0 aliphatic rings. The minimum atomic E-state index is 0.464. The summed E-state index contributed by atoms with van der Waals surface area (Å²) in [6.07, 6.45) is 2.06. The highest BCUT2D eigenvalue weighted by molar-refractivity contribution is 7.80. The molecule has 2 N–H and O–H groups in total. The first-order valence-electron chi connectivity index (χ1n) is 5.68. The molecular formula is C15H15NS. The largest absolute Gasteiger partial charge is 0.389 e. The Morgan fingerprint density at radius 2 is 1.53 bits per heavy atom. The summed E-state index contributed by atoms with van der Waals surface area (Å²) in [4.78, 5) is 0.464. The predicted octanol–water partition coefficient (Wildman–Crippen LogP) is 3.11. The Morgan fingerprint density at radius 3 is 2.24 bits per heavy atom. The summed E-state index contributed by atoms with van der Waals surface area (Å²) in [7, 11) is 0. The topological polar surface area (TPSA) is 26.0 Å². The molecule has 0 saturated carbocycles. The summed E-state index contributed by atoms with van der Waals surface area (Å²) in [5, 5.41) is 0. The number of hydrogen-bond donors (Lipinski definition) is 1. The Morgan fingerprint density at radius 1 is 0.882 bits per heavy atom. The van der Waals surface area contributed by atoms with Gasteiger partial charge in [0.25, 0.3) is 0 Å². The monoisotopic (exact) mass is 241 g/mol. The molecule has 2 rings (SSSR count). The van der Waals surface area contributed by atoms with Gasteiger partial charge in [0.2, 0.25) is 0 Å². The van der Waals surface area contributed by atoms with Gasteiger partial charge in [-0.2, -0.15) is 0 Å². The Bertz CT molecular complexity index is 505. The van der Waals surface area contributed by atoms with E-state index in [2.05, 4.69) is 36.4 Å². The molecule has 0 saturated heterocycles. The molecule has 0 heterocycles. The molecule has 0 radical (unpaired) electrons. The summed E-state index contributed by atoms with van der Waals surface area (Å²) in [5.41, 5.74) is 9.20. The van der Waals surface area contributed by atoms with E-state index in [1.165, 1.54) is 11.1 Å². The van der Waals surface area contributed by atoms with Crippen LogP contribution in [0.25, 0.3) is 0 Å². The molecule has 0 aliphatic carbocycles. The number of benzene rings is 2. The van der Waals surface area contributed by atoms with Crippen molar-refractivity contribution in [2.75, 3.05) is 0 Å². The predicted molar refractivity (Wildman–Crippen MR) is 76.2 cm³/mol. The molecule has 2 heteroatoms. The van der Waals surface area contributed by atoms with E-state index < -0.39 is 0 Å². The molecule has 17 heavy (non-hydrogen) atoms. The first-order chi connectivity index (χ1) is 8.25. The minimum absolute atomic E-state index is 0.464. The van der Waals surface area contributed by atoms with E-state index in [1.54, 1.807) is 0 Å². The van der Waals surface area contributed by atoms with Crippen LogP contribution in [-0.4, -0.2) is 4.99 Å². The number of hydrogen-bond acceptors (Lipinski definition) is 1. The van der Waals surface area contributed by atoms with E-state index in [9.17, 15) is 0 Å². The molecule has 0 aromatic heterocycles. The van der Waals surface area contributed by atoms with Crippen LogP contribution < -0.4 is 5.73 Å². The lowest BCUT2D eigenvalue weighted by molar-refractivity contribution is 0.960. The van der Waals surface area contributed by atoms with Crippen LogP contribution in [0.4, 0.5) is 0 Å². The van der Waals surface area contributed by atoms with E-state index in [1.807, 2.05) is 18.2 Å². The highest BCUT2D eigenvalue weighted by Gasteiger charge is 1.99. The van der Waals surface area contributed by atoms with Crippen LogP contribution in [0.5, 0.6) is 0 Å².